The predicted molar refractivity (Wildman–Crippen MR) is 119 cm³/mol. The summed E-state index contributed by atoms with van der Waals surface area (Å²) in [6.45, 7) is 1.49. The number of benzene rings is 2. The number of halogens is 1. The Morgan fingerprint density at radius 1 is 1.00 bits per heavy atom. The Kier molecular flexibility index (Phi) is 5.71. The fourth-order valence-corrected chi connectivity index (χ4v) is 3.45. The van der Waals surface area contributed by atoms with Gasteiger partial charge >= 0.3 is 0 Å². The first-order valence-electron chi connectivity index (χ1n) is 10.5. The zero-order valence-electron chi connectivity index (χ0n) is 17.6. The topological polar surface area (TPSA) is 103 Å². The summed E-state index contributed by atoms with van der Waals surface area (Å²) < 4.78 is 25.7. The van der Waals surface area contributed by atoms with E-state index in [1.165, 1.54) is 12.1 Å². The van der Waals surface area contributed by atoms with E-state index >= 15 is 0 Å². The van der Waals surface area contributed by atoms with Crippen molar-refractivity contribution in [3.8, 4) is 11.5 Å². The first kappa shape index (κ1) is 20.7. The molecule has 168 valence electrons. The van der Waals surface area contributed by atoms with Crippen LogP contribution in [0.5, 0.6) is 11.5 Å². The van der Waals surface area contributed by atoms with Crippen molar-refractivity contribution >= 4 is 23.1 Å². The monoisotopic (exact) mass is 448 g/mol. The summed E-state index contributed by atoms with van der Waals surface area (Å²) in [5, 5.41) is 18.9. The molecule has 0 unspecified atom stereocenters. The zero-order chi connectivity index (χ0) is 22.6. The minimum Gasteiger partial charge on any atom is -0.486 e. The number of aromatic nitrogens is 4. The third kappa shape index (κ3) is 4.84. The van der Waals surface area contributed by atoms with Crippen LogP contribution in [-0.4, -0.2) is 38.9 Å². The number of hydrogen-bond donors (Lipinski definition) is 2. The molecule has 10 heteroatoms. The smallest absolute Gasteiger partial charge is 0.224 e. The fourth-order valence-electron chi connectivity index (χ4n) is 3.45. The van der Waals surface area contributed by atoms with Gasteiger partial charge in [0, 0.05) is 31.1 Å². The third-order valence-corrected chi connectivity index (χ3v) is 5.12. The highest BCUT2D eigenvalue weighted by Crippen LogP contribution is 2.32. The van der Waals surface area contributed by atoms with E-state index < -0.39 is 0 Å². The molecule has 0 bridgehead atoms. The fraction of sp³-hybridized carbons (Fsp3) is 0.217. The molecule has 4 aromatic rings. The molecule has 2 aromatic carbocycles. The van der Waals surface area contributed by atoms with Crippen LogP contribution in [0.4, 0.5) is 15.9 Å². The van der Waals surface area contributed by atoms with Crippen molar-refractivity contribution in [1.29, 1.82) is 0 Å². The average Bonchev–Trinajstić information content (AvgIpc) is 3.24. The molecule has 1 aliphatic rings. The summed E-state index contributed by atoms with van der Waals surface area (Å²) in [7, 11) is 0. The van der Waals surface area contributed by atoms with E-state index in [0.29, 0.717) is 60.7 Å². The maximum absolute atomic E-state index is 13.1. The summed E-state index contributed by atoms with van der Waals surface area (Å²) in [6.07, 6.45) is 0.579. The van der Waals surface area contributed by atoms with E-state index in [4.69, 9.17) is 9.47 Å². The van der Waals surface area contributed by atoms with Crippen LogP contribution < -0.4 is 20.1 Å². The predicted octanol–water partition coefficient (Wildman–Crippen LogP) is 3.22. The van der Waals surface area contributed by atoms with Crippen molar-refractivity contribution in [2.45, 2.75) is 19.4 Å². The summed E-state index contributed by atoms with van der Waals surface area (Å²) in [4.78, 5) is 12.5. The molecule has 2 aromatic heterocycles. The molecule has 0 fully saturated rings. The summed E-state index contributed by atoms with van der Waals surface area (Å²) >= 11 is 0. The summed E-state index contributed by atoms with van der Waals surface area (Å²) in [5.74, 6) is 2.05. The van der Waals surface area contributed by atoms with Gasteiger partial charge in [-0.25, -0.2) is 4.39 Å². The molecule has 1 aliphatic heterocycles. The number of anilines is 2. The second-order valence-corrected chi connectivity index (χ2v) is 7.49. The lowest BCUT2D eigenvalue weighted by molar-refractivity contribution is -0.116. The molecule has 0 saturated carbocycles. The molecule has 5 rings (SSSR count). The van der Waals surface area contributed by atoms with E-state index in [-0.39, 0.29) is 18.1 Å². The minimum absolute atomic E-state index is 0.158. The number of rotatable bonds is 7. The number of carbonyl (C=O) groups excluding carboxylic acids is 1. The minimum atomic E-state index is -0.273. The Morgan fingerprint density at radius 3 is 2.67 bits per heavy atom. The van der Waals surface area contributed by atoms with Crippen molar-refractivity contribution in [3.05, 3.63) is 71.8 Å². The molecule has 1 amide bonds. The van der Waals surface area contributed by atoms with Crippen molar-refractivity contribution in [3.63, 3.8) is 0 Å². The van der Waals surface area contributed by atoms with Gasteiger partial charge in [-0.3, -0.25) is 4.79 Å². The third-order valence-electron chi connectivity index (χ3n) is 5.12. The molecule has 0 saturated heterocycles. The van der Waals surface area contributed by atoms with Crippen molar-refractivity contribution < 1.29 is 18.7 Å². The molecule has 33 heavy (non-hydrogen) atoms. The standard InChI is InChI=1S/C23H21FN6O3/c24-16-3-1-15(2-4-16)14-25-20-7-8-21-27-28-22(30(21)29-20)9-10-23(31)26-17-5-6-18-19(13-17)33-12-11-32-18/h1-8,13H,9-12,14H2,(H,25,29)(H,26,31). The Balaban J connectivity index is 1.21. The van der Waals surface area contributed by atoms with Crippen molar-refractivity contribution in [1.82, 2.24) is 19.8 Å². The van der Waals surface area contributed by atoms with Gasteiger partial charge < -0.3 is 20.1 Å². The molecule has 3 heterocycles. The number of aryl methyl sites for hydroxylation is 1. The van der Waals surface area contributed by atoms with Crippen LogP contribution >= 0.6 is 0 Å². The average molecular weight is 448 g/mol. The number of nitrogens with zero attached hydrogens (tertiary/aromatic N) is 4. The van der Waals surface area contributed by atoms with Crippen LogP contribution in [0.3, 0.4) is 0 Å². The lowest BCUT2D eigenvalue weighted by Gasteiger charge is -2.19. The lowest BCUT2D eigenvalue weighted by atomic mass is 10.2. The van der Waals surface area contributed by atoms with Gasteiger partial charge in [-0.15, -0.1) is 15.3 Å². The van der Waals surface area contributed by atoms with Crippen LogP contribution in [0.2, 0.25) is 0 Å². The highest BCUT2D eigenvalue weighted by Gasteiger charge is 2.14. The second kappa shape index (κ2) is 9.11. The van der Waals surface area contributed by atoms with Gasteiger partial charge in [-0.1, -0.05) is 12.1 Å². The van der Waals surface area contributed by atoms with Gasteiger partial charge in [0.25, 0.3) is 0 Å². The molecular formula is C23H21FN6O3. The van der Waals surface area contributed by atoms with E-state index in [0.717, 1.165) is 5.56 Å². The number of hydrogen-bond acceptors (Lipinski definition) is 7. The first-order valence-corrected chi connectivity index (χ1v) is 10.5. The first-order chi connectivity index (χ1) is 16.1. The summed E-state index contributed by atoms with van der Waals surface area (Å²) in [5.41, 5.74) is 2.16. The van der Waals surface area contributed by atoms with Gasteiger partial charge in [0.15, 0.2) is 23.0 Å². The molecule has 0 aliphatic carbocycles. The quantitative estimate of drug-likeness (QED) is 0.448. The van der Waals surface area contributed by atoms with E-state index in [2.05, 4.69) is 25.9 Å². The van der Waals surface area contributed by atoms with Crippen molar-refractivity contribution in [2.24, 2.45) is 0 Å². The van der Waals surface area contributed by atoms with Crippen LogP contribution in [-0.2, 0) is 17.8 Å². The second-order valence-electron chi connectivity index (χ2n) is 7.49. The maximum Gasteiger partial charge on any atom is 0.224 e. The molecule has 2 N–H and O–H groups in total. The molecule has 0 radical (unpaired) electrons. The molecular weight excluding hydrogens is 427 g/mol. The van der Waals surface area contributed by atoms with E-state index in [9.17, 15) is 9.18 Å². The lowest BCUT2D eigenvalue weighted by Crippen LogP contribution is -2.17. The van der Waals surface area contributed by atoms with Gasteiger partial charge in [-0.05, 0) is 42.0 Å². The van der Waals surface area contributed by atoms with E-state index in [1.807, 2.05) is 0 Å². The largest absolute Gasteiger partial charge is 0.486 e. The van der Waals surface area contributed by atoms with Crippen LogP contribution in [0.25, 0.3) is 5.65 Å². The van der Waals surface area contributed by atoms with Crippen LogP contribution in [0.15, 0.2) is 54.6 Å². The number of ether oxygens (including phenoxy) is 2. The van der Waals surface area contributed by atoms with Gasteiger partial charge in [0.2, 0.25) is 5.91 Å². The molecule has 0 atom stereocenters. The molecule has 9 nitrogen and oxygen atoms in total. The Bertz CT molecular complexity index is 1290. The highest BCUT2D eigenvalue weighted by atomic mass is 19.1. The van der Waals surface area contributed by atoms with Crippen LogP contribution in [0.1, 0.15) is 17.8 Å². The Labute approximate surface area is 188 Å². The number of carbonyl (C=O) groups is 1. The van der Waals surface area contributed by atoms with Gasteiger partial charge in [0.05, 0.1) is 0 Å². The summed E-state index contributed by atoms with van der Waals surface area (Å²) in [6, 6.07) is 15.2. The normalized spacial score (nSPS) is 12.5. The zero-order valence-corrected chi connectivity index (χ0v) is 17.6. The van der Waals surface area contributed by atoms with Crippen molar-refractivity contribution in [2.75, 3.05) is 23.8 Å². The molecule has 0 spiro atoms. The maximum atomic E-state index is 13.1. The van der Waals surface area contributed by atoms with Crippen LogP contribution in [0, 0.1) is 5.82 Å². The highest BCUT2D eigenvalue weighted by molar-refractivity contribution is 5.91. The van der Waals surface area contributed by atoms with Gasteiger partial charge in [0.1, 0.15) is 24.8 Å². The Morgan fingerprint density at radius 2 is 1.82 bits per heavy atom. The Hall–Kier alpha value is -4.21. The number of fused-ring (bicyclic) bond motifs is 2. The van der Waals surface area contributed by atoms with Gasteiger partial charge in [-0.2, -0.15) is 4.52 Å². The SMILES string of the molecule is O=C(CCc1nnc2ccc(NCc3ccc(F)cc3)nn12)Nc1ccc2c(c1)OCCO2. The van der Waals surface area contributed by atoms with E-state index in [1.54, 1.807) is 47.0 Å². The number of amides is 1. The number of nitrogens with one attached hydrogen (secondary N) is 2.